The lowest BCUT2D eigenvalue weighted by molar-refractivity contribution is -0.384. The third kappa shape index (κ3) is 6.98. The van der Waals surface area contributed by atoms with Gasteiger partial charge in [-0.15, -0.1) is 0 Å². The number of carbonyl (C=O) groups excluding carboxylic acids is 1. The number of aromatic hydroxyl groups is 1. The van der Waals surface area contributed by atoms with Gasteiger partial charge in [0.05, 0.1) is 16.2 Å². The van der Waals surface area contributed by atoms with Crippen molar-refractivity contribution in [3.8, 4) is 17.1 Å². The highest BCUT2D eigenvalue weighted by molar-refractivity contribution is 6.33. The molecule has 37 heavy (non-hydrogen) atoms. The standard InChI is InChI=1S/C28H32ClN3O5/c1-27(2,3)21-13-17(14-22(26(21)34)28(4,5)6)7-12-25(33)31-30-16-19-9-11-24(37-19)20-15-18(32(35)36)8-10-23(20)29/h8-11,13-16,34H,7,12H2,1-6H3,(H,31,33)/b30-16+. The van der Waals surface area contributed by atoms with Gasteiger partial charge in [0, 0.05) is 24.1 Å². The van der Waals surface area contributed by atoms with Gasteiger partial charge in [-0.05, 0) is 52.1 Å². The average molecular weight is 526 g/mol. The average Bonchev–Trinajstić information content (AvgIpc) is 3.25. The first kappa shape index (κ1) is 27.9. The molecule has 3 rings (SSSR count). The molecular formula is C28H32ClN3O5. The third-order valence-corrected chi connectivity index (χ3v) is 6.19. The van der Waals surface area contributed by atoms with Gasteiger partial charge < -0.3 is 9.52 Å². The molecule has 0 unspecified atom stereocenters. The lowest BCUT2D eigenvalue weighted by Gasteiger charge is -2.28. The summed E-state index contributed by atoms with van der Waals surface area (Å²) in [5.74, 6) is 0.730. The van der Waals surface area contributed by atoms with E-state index < -0.39 is 4.92 Å². The summed E-state index contributed by atoms with van der Waals surface area (Å²) in [6.07, 6.45) is 2.05. The normalized spacial score (nSPS) is 12.2. The van der Waals surface area contributed by atoms with Crippen LogP contribution in [0.2, 0.25) is 5.02 Å². The number of phenolic OH excluding ortho intramolecular Hbond substituents is 1. The van der Waals surface area contributed by atoms with Crippen molar-refractivity contribution in [2.75, 3.05) is 0 Å². The van der Waals surface area contributed by atoms with Crippen molar-refractivity contribution >= 4 is 29.4 Å². The molecule has 0 aliphatic heterocycles. The molecule has 0 fully saturated rings. The second-order valence-electron chi connectivity index (χ2n) is 11.0. The molecule has 8 nitrogen and oxygen atoms in total. The predicted octanol–water partition coefficient (Wildman–Crippen LogP) is 6.89. The van der Waals surface area contributed by atoms with Crippen LogP contribution in [0.15, 0.2) is 52.0 Å². The maximum Gasteiger partial charge on any atom is 0.270 e. The number of nitro benzene ring substituents is 1. The summed E-state index contributed by atoms with van der Waals surface area (Å²) in [7, 11) is 0. The number of hydrogen-bond acceptors (Lipinski definition) is 6. The van der Waals surface area contributed by atoms with E-state index in [0.29, 0.717) is 34.3 Å². The number of nitrogens with zero attached hydrogens (tertiary/aromatic N) is 2. The van der Waals surface area contributed by atoms with Gasteiger partial charge in [0.2, 0.25) is 5.91 Å². The number of benzene rings is 2. The van der Waals surface area contributed by atoms with Crippen LogP contribution < -0.4 is 5.43 Å². The second-order valence-corrected chi connectivity index (χ2v) is 11.4. The Hall–Kier alpha value is -3.65. The number of non-ortho nitro benzene ring substituents is 1. The molecular weight excluding hydrogens is 494 g/mol. The zero-order valence-electron chi connectivity index (χ0n) is 21.9. The summed E-state index contributed by atoms with van der Waals surface area (Å²) in [6.45, 7) is 12.3. The van der Waals surface area contributed by atoms with Gasteiger partial charge in [-0.2, -0.15) is 5.10 Å². The summed E-state index contributed by atoms with van der Waals surface area (Å²) in [4.78, 5) is 23.0. The van der Waals surface area contributed by atoms with E-state index in [0.717, 1.165) is 16.7 Å². The first-order chi connectivity index (χ1) is 17.2. The number of phenols is 1. The first-order valence-electron chi connectivity index (χ1n) is 11.9. The van der Waals surface area contributed by atoms with Crippen molar-refractivity contribution in [2.45, 2.75) is 65.2 Å². The Kier molecular flexibility index (Phi) is 8.12. The zero-order valence-corrected chi connectivity index (χ0v) is 22.6. The Balaban J connectivity index is 1.66. The number of hydrogen-bond donors (Lipinski definition) is 2. The van der Waals surface area contributed by atoms with Crippen LogP contribution in [0.4, 0.5) is 5.69 Å². The first-order valence-corrected chi connectivity index (χ1v) is 12.3. The summed E-state index contributed by atoms with van der Waals surface area (Å²) in [6, 6.07) is 11.3. The predicted molar refractivity (Wildman–Crippen MR) is 145 cm³/mol. The Morgan fingerprint density at radius 1 is 1.08 bits per heavy atom. The van der Waals surface area contributed by atoms with Crippen LogP contribution in [-0.4, -0.2) is 22.2 Å². The van der Waals surface area contributed by atoms with Crippen LogP contribution in [0.3, 0.4) is 0 Å². The molecule has 0 aliphatic carbocycles. The molecule has 1 amide bonds. The minimum absolute atomic E-state index is 0.101. The van der Waals surface area contributed by atoms with Crippen molar-refractivity contribution in [3.63, 3.8) is 0 Å². The number of amides is 1. The van der Waals surface area contributed by atoms with Crippen LogP contribution in [0.1, 0.15) is 70.4 Å². The molecule has 0 radical (unpaired) electrons. The fourth-order valence-electron chi connectivity index (χ4n) is 3.85. The highest BCUT2D eigenvalue weighted by Crippen LogP contribution is 2.40. The van der Waals surface area contributed by atoms with Crippen LogP contribution in [0.5, 0.6) is 5.75 Å². The summed E-state index contributed by atoms with van der Waals surface area (Å²) in [5, 5.41) is 26.2. The highest BCUT2D eigenvalue weighted by atomic mass is 35.5. The van der Waals surface area contributed by atoms with Gasteiger partial charge >= 0.3 is 0 Å². The fraction of sp³-hybridized carbons (Fsp3) is 0.357. The number of halogens is 1. The third-order valence-electron chi connectivity index (χ3n) is 5.86. The van der Waals surface area contributed by atoms with Gasteiger partial charge in [0.25, 0.3) is 5.69 Å². The van der Waals surface area contributed by atoms with E-state index in [9.17, 15) is 20.0 Å². The Labute approximate surface area is 221 Å². The van der Waals surface area contributed by atoms with E-state index in [4.69, 9.17) is 16.0 Å². The molecule has 1 aromatic heterocycles. The number of furan rings is 1. The van der Waals surface area contributed by atoms with Gasteiger partial charge in [0.15, 0.2) is 0 Å². The van der Waals surface area contributed by atoms with Gasteiger partial charge in [-0.25, -0.2) is 5.43 Å². The van der Waals surface area contributed by atoms with Crippen LogP contribution in [0.25, 0.3) is 11.3 Å². The topological polar surface area (TPSA) is 118 Å². The van der Waals surface area contributed by atoms with Crippen molar-refractivity contribution in [2.24, 2.45) is 5.10 Å². The molecule has 0 aliphatic rings. The number of rotatable bonds is 7. The zero-order chi connectivity index (χ0) is 27.5. The van der Waals surface area contributed by atoms with Crippen LogP contribution in [-0.2, 0) is 22.0 Å². The molecule has 0 saturated heterocycles. The van der Waals surface area contributed by atoms with Gasteiger partial charge in [-0.3, -0.25) is 14.9 Å². The molecule has 0 bridgehead atoms. The SMILES string of the molecule is CC(C)(C)c1cc(CCC(=O)N/N=C/c2ccc(-c3cc([N+](=O)[O-])ccc3Cl)o2)cc(C(C)(C)C)c1O. The fourth-order valence-corrected chi connectivity index (χ4v) is 4.06. The molecule has 196 valence electrons. The number of aryl methyl sites for hydroxylation is 1. The maximum atomic E-state index is 12.4. The van der Waals surface area contributed by atoms with E-state index in [2.05, 4.69) is 10.5 Å². The summed E-state index contributed by atoms with van der Waals surface area (Å²) >= 11 is 6.17. The quantitative estimate of drug-likeness (QED) is 0.198. The van der Waals surface area contributed by atoms with E-state index in [1.165, 1.54) is 24.4 Å². The Bertz CT molecular complexity index is 1310. The number of nitrogens with one attached hydrogen (secondary N) is 1. The largest absolute Gasteiger partial charge is 0.507 e. The molecule has 0 spiro atoms. The van der Waals surface area contributed by atoms with Crippen molar-refractivity contribution < 1.29 is 19.2 Å². The molecule has 2 N–H and O–H groups in total. The molecule has 0 saturated carbocycles. The minimum Gasteiger partial charge on any atom is -0.507 e. The van der Waals surface area contributed by atoms with Crippen molar-refractivity contribution in [1.29, 1.82) is 0 Å². The number of nitro groups is 1. The van der Waals surface area contributed by atoms with E-state index in [1.54, 1.807) is 12.1 Å². The maximum absolute atomic E-state index is 12.4. The van der Waals surface area contributed by atoms with Crippen LogP contribution in [0, 0.1) is 10.1 Å². The monoisotopic (exact) mass is 525 g/mol. The molecule has 2 aromatic carbocycles. The Morgan fingerprint density at radius 3 is 2.27 bits per heavy atom. The van der Waals surface area contributed by atoms with Gasteiger partial charge in [-0.1, -0.05) is 65.3 Å². The van der Waals surface area contributed by atoms with E-state index in [1.807, 2.05) is 53.7 Å². The lowest BCUT2D eigenvalue weighted by Crippen LogP contribution is -2.20. The van der Waals surface area contributed by atoms with Crippen molar-refractivity contribution in [1.82, 2.24) is 5.43 Å². The lowest BCUT2D eigenvalue weighted by atomic mass is 9.78. The van der Waals surface area contributed by atoms with Crippen molar-refractivity contribution in [3.05, 3.63) is 80.1 Å². The summed E-state index contributed by atoms with van der Waals surface area (Å²) < 4.78 is 5.67. The van der Waals surface area contributed by atoms with Gasteiger partial charge in [0.1, 0.15) is 17.3 Å². The smallest absolute Gasteiger partial charge is 0.270 e. The second kappa shape index (κ2) is 10.8. The molecule has 0 atom stereocenters. The number of carbonyl (C=O) groups is 1. The molecule has 1 heterocycles. The summed E-state index contributed by atoms with van der Waals surface area (Å²) in [5.41, 5.74) is 4.96. The molecule has 3 aromatic rings. The minimum atomic E-state index is -0.507. The van der Waals surface area contributed by atoms with E-state index >= 15 is 0 Å². The number of hydrazone groups is 1. The molecule has 9 heteroatoms. The van der Waals surface area contributed by atoms with E-state index in [-0.39, 0.29) is 28.8 Å². The highest BCUT2D eigenvalue weighted by Gasteiger charge is 2.26. The van der Waals surface area contributed by atoms with Crippen LogP contribution >= 0.6 is 11.6 Å². The Morgan fingerprint density at radius 2 is 1.70 bits per heavy atom.